The van der Waals surface area contributed by atoms with E-state index in [4.69, 9.17) is 0 Å². The Bertz CT molecular complexity index is 605. The summed E-state index contributed by atoms with van der Waals surface area (Å²) in [6.07, 6.45) is 0. The molecule has 0 aliphatic rings. The number of hydrogen-bond acceptors (Lipinski definition) is 0. The molecule has 0 fully saturated rings. The van der Waals surface area contributed by atoms with Gasteiger partial charge in [-0.25, -0.2) is 0 Å². The maximum absolute atomic E-state index is 2.27. The summed E-state index contributed by atoms with van der Waals surface area (Å²) >= 11 is 0.526. The number of benzene rings is 2. The average Bonchev–Trinajstić information content (AvgIpc) is 2.57. The first-order valence-electron chi connectivity index (χ1n) is 4.73. The molecule has 0 aliphatic carbocycles. The van der Waals surface area contributed by atoms with E-state index in [1.807, 2.05) is 0 Å². The summed E-state index contributed by atoms with van der Waals surface area (Å²) in [7, 11) is 0. The van der Waals surface area contributed by atoms with Gasteiger partial charge in [-0.1, -0.05) is 0 Å². The normalized spacial score (nSPS) is 11.2. The zero-order valence-corrected chi connectivity index (χ0v) is 9.66. The molecule has 0 radical (unpaired) electrons. The van der Waals surface area contributed by atoms with Gasteiger partial charge < -0.3 is 0 Å². The molecule has 2 aromatic carbocycles. The van der Waals surface area contributed by atoms with Crippen molar-refractivity contribution in [3.05, 3.63) is 48.0 Å². The Morgan fingerprint density at radius 3 is 2.57 bits per heavy atom. The molecular formula is C13H10Se. The third kappa shape index (κ3) is 1.06. The Labute approximate surface area is 88.9 Å². The summed E-state index contributed by atoms with van der Waals surface area (Å²) in [6, 6.07) is 15.4. The summed E-state index contributed by atoms with van der Waals surface area (Å²) in [5.41, 5.74) is 1.41. The van der Waals surface area contributed by atoms with Crippen molar-refractivity contribution < 1.29 is 0 Å². The predicted molar refractivity (Wildman–Crippen MR) is 63.1 cm³/mol. The van der Waals surface area contributed by atoms with Crippen molar-refractivity contribution in [3.8, 4) is 0 Å². The summed E-state index contributed by atoms with van der Waals surface area (Å²) in [6.45, 7) is 2.21. The van der Waals surface area contributed by atoms with Gasteiger partial charge >= 0.3 is 88.7 Å². The summed E-state index contributed by atoms with van der Waals surface area (Å²) in [5, 5.41) is 2.95. The molecule has 0 unspecified atom stereocenters. The molecule has 0 atom stereocenters. The van der Waals surface area contributed by atoms with Gasteiger partial charge in [-0.05, 0) is 0 Å². The van der Waals surface area contributed by atoms with Gasteiger partial charge in [-0.15, -0.1) is 0 Å². The molecule has 0 aliphatic heterocycles. The fraction of sp³-hybridized carbons (Fsp3) is 0.0769. The maximum atomic E-state index is 2.27. The van der Waals surface area contributed by atoms with Crippen LogP contribution in [0.5, 0.6) is 0 Å². The first kappa shape index (κ1) is 8.28. The number of fused-ring (bicyclic) bond motifs is 3. The molecule has 0 N–H and O–H groups in total. The van der Waals surface area contributed by atoms with E-state index in [0.29, 0.717) is 14.5 Å². The molecule has 0 nitrogen and oxygen atoms in total. The number of rotatable bonds is 0. The summed E-state index contributed by atoms with van der Waals surface area (Å²) in [4.78, 5) is 0. The van der Waals surface area contributed by atoms with Crippen molar-refractivity contribution >= 4 is 33.8 Å². The zero-order valence-electron chi connectivity index (χ0n) is 7.95. The van der Waals surface area contributed by atoms with Gasteiger partial charge in [0.2, 0.25) is 0 Å². The second-order valence-electron chi connectivity index (χ2n) is 3.55. The van der Waals surface area contributed by atoms with E-state index in [1.165, 1.54) is 20.6 Å². The molecule has 0 saturated heterocycles. The quantitative estimate of drug-likeness (QED) is 0.533. The molecule has 0 amide bonds. The van der Waals surface area contributed by atoms with Crippen molar-refractivity contribution in [1.29, 1.82) is 0 Å². The molecule has 0 saturated carbocycles. The summed E-state index contributed by atoms with van der Waals surface area (Å²) < 4.78 is 3.07. The van der Waals surface area contributed by atoms with Crippen LogP contribution in [0.25, 0.3) is 19.3 Å². The molecular weight excluding hydrogens is 235 g/mol. The Morgan fingerprint density at radius 2 is 1.64 bits per heavy atom. The second kappa shape index (κ2) is 2.98. The Kier molecular flexibility index (Phi) is 1.76. The van der Waals surface area contributed by atoms with Crippen LogP contribution in [0.15, 0.2) is 42.5 Å². The summed E-state index contributed by atoms with van der Waals surface area (Å²) in [5.74, 6) is 0. The van der Waals surface area contributed by atoms with Crippen molar-refractivity contribution in [2.24, 2.45) is 0 Å². The third-order valence-corrected chi connectivity index (χ3v) is 4.99. The van der Waals surface area contributed by atoms with E-state index in [0.717, 1.165) is 0 Å². The molecule has 3 aromatic rings. The van der Waals surface area contributed by atoms with E-state index >= 15 is 0 Å². The van der Waals surface area contributed by atoms with Crippen LogP contribution in [-0.4, -0.2) is 14.5 Å². The molecule has 0 spiro atoms. The number of hydrogen-bond donors (Lipinski definition) is 0. The van der Waals surface area contributed by atoms with Crippen LogP contribution in [0.4, 0.5) is 0 Å². The first-order valence-corrected chi connectivity index (χ1v) is 6.44. The topological polar surface area (TPSA) is 0 Å². The van der Waals surface area contributed by atoms with Crippen molar-refractivity contribution in [3.63, 3.8) is 0 Å². The fourth-order valence-electron chi connectivity index (χ4n) is 1.95. The van der Waals surface area contributed by atoms with Crippen LogP contribution >= 0.6 is 0 Å². The molecule has 3 rings (SSSR count). The standard InChI is InChI=1S/C13H10Se/c1-9-5-4-8-12-13(9)10-6-2-3-7-11(10)14-12/h2-8H,1H3. The van der Waals surface area contributed by atoms with Crippen LogP contribution in [0.3, 0.4) is 0 Å². The minimum atomic E-state index is 0.526. The zero-order chi connectivity index (χ0) is 9.54. The van der Waals surface area contributed by atoms with E-state index in [1.54, 1.807) is 4.26 Å². The third-order valence-electron chi connectivity index (χ3n) is 2.61. The Balaban J connectivity index is 2.65. The van der Waals surface area contributed by atoms with Gasteiger partial charge in [-0.3, -0.25) is 0 Å². The Morgan fingerprint density at radius 1 is 0.857 bits per heavy atom. The molecule has 1 heterocycles. The fourth-order valence-corrected chi connectivity index (χ4v) is 4.43. The first-order chi connectivity index (χ1) is 6.86. The molecule has 0 bridgehead atoms. The Hall–Kier alpha value is -1.04. The van der Waals surface area contributed by atoms with E-state index in [-0.39, 0.29) is 0 Å². The van der Waals surface area contributed by atoms with Crippen LogP contribution in [-0.2, 0) is 0 Å². The van der Waals surface area contributed by atoms with Crippen LogP contribution < -0.4 is 0 Å². The van der Waals surface area contributed by atoms with Gasteiger partial charge in [0.05, 0.1) is 0 Å². The van der Waals surface area contributed by atoms with Gasteiger partial charge in [0.1, 0.15) is 0 Å². The predicted octanol–water partition coefficient (Wildman–Crippen LogP) is 3.36. The van der Waals surface area contributed by atoms with E-state index in [9.17, 15) is 0 Å². The number of aryl methyl sites for hydroxylation is 1. The van der Waals surface area contributed by atoms with Crippen molar-refractivity contribution in [1.82, 2.24) is 0 Å². The van der Waals surface area contributed by atoms with Crippen LogP contribution in [0.2, 0.25) is 0 Å². The van der Waals surface area contributed by atoms with E-state index < -0.39 is 0 Å². The average molecular weight is 245 g/mol. The minimum absolute atomic E-state index is 0.526. The monoisotopic (exact) mass is 246 g/mol. The van der Waals surface area contributed by atoms with Crippen molar-refractivity contribution in [2.45, 2.75) is 6.92 Å². The van der Waals surface area contributed by atoms with Gasteiger partial charge in [0.25, 0.3) is 0 Å². The van der Waals surface area contributed by atoms with Gasteiger partial charge in [0, 0.05) is 0 Å². The van der Waals surface area contributed by atoms with E-state index in [2.05, 4.69) is 49.4 Å². The van der Waals surface area contributed by atoms with Crippen LogP contribution in [0, 0.1) is 6.92 Å². The molecule has 1 heteroatoms. The van der Waals surface area contributed by atoms with Gasteiger partial charge in [-0.2, -0.15) is 0 Å². The molecule has 14 heavy (non-hydrogen) atoms. The van der Waals surface area contributed by atoms with Gasteiger partial charge in [0.15, 0.2) is 0 Å². The second-order valence-corrected chi connectivity index (χ2v) is 5.82. The van der Waals surface area contributed by atoms with Crippen molar-refractivity contribution in [2.75, 3.05) is 0 Å². The SMILES string of the molecule is Cc1cccc2[se]c3ccccc3c12. The van der Waals surface area contributed by atoms with Crippen LogP contribution in [0.1, 0.15) is 5.56 Å². The molecule has 1 aromatic heterocycles. The molecule has 68 valence electrons.